The van der Waals surface area contributed by atoms with E-state index in [-0.39, 0.29) is 12.7 Å². The van der Waals surface area contributed by atoms with Crippen molar-refractivity contribution in [1.82, 2.24) is 5.43 Å². The monoisotopic (exact) mass is 325 g/mol. The Morgan fingerprint density at radius 3 is 2.83 bits per heavy atom. The minimum atomic E-state index is -0.403. The van der Waals surface area contributed by atoms with Gasteiger partial charge >= 0.3 is 0 Å². The van der Waals surface area contributed by atoms with E-state index >= 15 is 0 Å². The number of aryl methyl sites for hydroxylation is 1. The average molecular weight is 325 g/mol. The molecule has 1 aliphatic heterocycles. The van der Waals surface area contributed by atoms with Crippen molar-refractivity contribution in [3.05, 3.63) is 53.6 Å². The number of rotatable bonds is 5. The minimum absolute atomic E-state index is 0.213. The third-order valence-corrected chi connectivity index (χ3v) is 3.70. The number of carbonyl (C=O) groups excluding carboxylic acids is 1. The number of amides is 1. The Bertz CT molecular complexity index is 774. The lowest BCUT2D eigenvalue weighted by Gasteiger charge is -2.15. The van der Waals surface area contributed by atoms with E-state index in [2.05, 4.69) is 15.8 Å². The topological polar surface area (TPSA) is 72.0 Å². The van der Waals surface area contributed by atoms with Crippen molar-refractivity contribution < 1.29 is 14.3 Å². The van der Waals surface area contributed by atoms with Crippen LogP contribution < -0.4 is 20.2 Å². The highest BCUT2D eigenvalue weighted by atomic mass is 16.7. The van der Waals surface area contributed by atoms with Gasteiger partial charge in [-0.05, 0) is 49.2 Å². The Kier molecular flexibility index (Phi) is 4.65. The number of benzene rings is 2. The molecule has 6 nitrogen and oxygen atoms in total. The highest BCUT2D eigenvalue weighted by Gasteiger charge is 2.14. The van der Waals surface area contributed by atoms with Crippen molar-refractivity contribution >= 4 is 17.8 Å². The summed E-state index contributed by atoms with van der Waals surface area (Å²) in [5.74, 6) is 1.18. The number of anilines is 1. The summed E-state index contributed by atoms with van der Waals surface area (Å²) in [6.07, 6.45) is 1.57. The first kappa shape index (κ1) is 15.9. The summed E-state index contributed by atoms with van der Waals surface area (Å²) >= 11 is 0. The molecule has 0 aliphatic carbocycles. The number of hydrazone groups is 1. The maximum Gasteiger partial charge on any atom is 0.262 e. The molecule has 124 valence electrons. The van der Waals surface area contributed by atoms with E-state index in [1.54, 1.807) is 13.1 Å². The summed E-state index contributed by atoms with van der Waals surface area (Å²) in [4.78, 5) is 12.1. The van der Waals surface area contributed by atoms with Gasteiger partial charge in [-0.1, -0.05) is 18.2 Å². The number of nitrogens with zero attached hydrogens (tertiary/aromatic N) is 1. The van der Waals surface area contributed by atoms with Crippen LogP contribution in [0.25, 0.3) is 0 Å². The average Bonchev–Trinajstić information content (AvgIpc) is 3.04. The van der Waals surface area contributed by atoms with Gasteiger partial charge in [-0.15, -0.1) is 0 Å². The van der Waals surface area contributed by atoms with Crippen LogP contribution in [0, 0.1) is 6.92 Å². The molecular weight excluding hydrogens is 306 g/mol. The molecule has 6 heteroatoms. The van der Waals surface area contributed by atoms with Gasteiger partial charge in [-0.25, -0.2) is 5.43 Å². The fourth-order valence-corrected chi connectivity index (χ4v) is 2.29. The Balaban J connectivity index is 1.56. The second-order valence-corrected chi connectivity index (χ2v) is 5.53. The summed E-state index contributed by atoms with van der Waals surface area (Å²) < 4.78 is 10.6. The van der Waals surface area contributed by atoms with Crippen molar-refractivity contribution in [2.45, 2.75) is 19.9 Å². The lowest BCUT2D eigenvalue weighted by atomic mass is 10.2. The quantitative estimate of drug-likeness (QED) is 0.655. The lowest BCUT2D eigenvalue weighted by molar-refractivity contribution is -0.121. The number of nitrogens with one attached hydrogen (secondary N) is 2. The van der Waals surface area contributed by atoms with Gasteiger partial charge in [0.1, 0.15) is 6.04 Å². The Labute approximate surface area is 140 Å². The molecule has 2 aromatic carbocycles. The van der Waals surface area contributed by atoms with Gasteiger partial charge < -0.3 is 14.8 Å². The highest BCUT2D eigenvalue weighted by Crippen LogP contribution is 2.31. The van der Waals surface area contributed by atoms with Gasteiger partial charge in [0.2, 0.25) is 6.79 Å². The van der Waals surface area contributed by atoms with Gasteiger partial charge in [0.05, 0.1) is 6.21 Å². The molecule has 1 atom stereocenters. The summed E-state index contributed by atoms with van der Waals surface area (Å²) in [6, 6.07) is 12.9. The van der Waals surface area contributed by atoms with Crippen molar-refractivity contribution in [2.24, 2.45) is 5.10 Å². The second kappa shape index (κ2) is 7.04. The van der Waals surface area contributed by atoms with Crippen molar-refractivity contribution in [3.8, 4) is 11.5 Å². The molecule has 0 aromatic heterocycles. The first-order valence-corrected chi connectivity index (χ1v) is 7.68. The molecule has 2 N–H and O–H groups in total. The molecule has 0 saturated heterocycles. The first-order chi connectivity index (χ1) is 11.6. The third kappa shape index (κ3) is 3.65. The number of hydrogen-bond donors (Lipinski definition) is 2. The van der Waals surface area contributed by atoms with Crippen molar-refractivity contribution in [2.75, 3.05) is 12.1 Å². The molecule has 1 aliphatic rings. The van der Waals surface area contributed by atoms with Crippen LogP contribution in [-0.2, 0) is 4.79 Å². The van der Waals surface area contributed by atoms with Gasteiger partial charge in [0.25, 0.3) is 5.91 Å². The smallest absolute Gasteiger partial charge is 0.262 e. The SMILES string of the molecule is Cc1ccccc1NC(C)C(=O)NN=Cc1ccc2c(c1)OCO2. The van der Waals surface area contributed by atoms with E-state index in [1.807, 2.05) is 49.4 Å². The summed E-state index contributed by atoms with van der Waals surface area (Å²) in [5.41, 5.74) is 5.37. The van der Waals surface area contributed by atoms with Crippen LogP contribution in [0.2, 0.25) is 0 Å². The fourth-order valence-electron chi connectivity index (χ4n) is 2.29. The van der Waals surface area contributed by atoms with Gasteiger partial charge in [0, 0.05) is 5.69 Å². The number of ether oxygens (including phenoxy) is 2. The highest BCUT2D eigenvalue weighted by molar-refractivity contribution is 5.87. The first-order valence-electron chi connectivity index (χ1n) is 7.68. The largest absolute Gasteiger partial charge is 0.454 e. The summed E-state index contributed by atoms with van der Waals surface area (Å²) in [5, 5.41) is 7.16. The lowest BCUT2D eigenvalue weighted by Crippen LogP contribution is -2.35. The van der Waals surface area contributed by atoms with Crippen LogP contribution in [0.5, 0.6) is 11.5 Å². The number of carbonyl (C=O) groups is 1. The van der Waals surface area contributed by atoms with E-state index < -0.39 is 6.04 Å². The molecule has 24 heavy (non-hydrogen) atoms. The van der Waals surface area contributed by atoms with Gasteiger partial charge in [-0.3, -0.25) is 4.79 Å². The Morgan fingerprint density at radius 2 is 2.00 bits per heavy atom. The minimum Gasteiger partial charge on any atom is -0.454 e. The maximum atomic E-state index is 12.1. The molecule has 1 heterocycles. The number of para-hydroxylation sites is 1. The Morgan fingerprint density at radius 1 is 1.21 bits per heavy atom. The van der Waals surface area contributed by atoms with Crippen molar-refractivity contribution in [3.63, 3.8) is 0 Å². The number of fused-ring (bicyclic) bond motifs is 1. The zero-order chi connectivity index (χ0) is 16.9. The van der Waals surface area contributed by atoms with Crippen LogP contribution in [0.1, 0.15) is 18.1 Å². The van der Waals surface area contributed by atoms with Crippen LogP contribution >= 0.6 is 0 Å². The summed E-state index contributed by atoms with van der Waals surface area (Å²) in [7, 11) is 0. The van der Waals surface area contributed by atoms with Crippen LogP contribution in [-0.4, -0.2) is 25.0 Å². The molecule has 0 spiro atoms. The standard InChI is InChI=1S/C18H19N3O3/c1-12-5-3-4-6-15(12)20-13(2)18(22)21-19-10-14-7-8-16-17(9-14)24-11-23-16/h3-10,13,20H,11H2,1-2H3,(H,21,22). The normalized spacial score (nSPS) is 13.8. The van der Waals surface area contributed by atoms with Crippen LogP contribution in [0.3, 0.4) is 0 Å². The molecular formula is C18H19N3O3. The van der Waals surface area contributed by atoms with Crippen molar-refractivity contribution in [1.29, 1.82) is 0 Å². The fraction of sp³-hybridized carbons (Fsp3) is 0.222. The molecule has 0 bridgehead atoms. The molecule has 3 rings (SSSR count). The third-order valence-electron chi connectivity index (χ3n) is 3.70. The van der Waals surface area contributed by atoms with Crippen LogP contribution in [0.4, 0.5) is 5.69 Å². The van der Waals surface area contributed by atoms with E-state index in [0.717, 1.165) is 16.8 Å². The van der Waals surface area contributed by atoms with E-state index in [9.17, 15) is 4.79 Å². The molecule has 0 saturated carbocycles. The number of hydrogen-bond acceptors (Lipinski definition) is 5. The molecule has 0 radical (unpaired) electrons. The van der Waals surface area contributed by atoms with E-state index in [0.29, 0.717) is 11.5 Å². The maximum absolute atomic E-state index is 12.1. The van der Waals surface area contributed by atoms with Gasteiger partial charge in [-0.2, -0.15) is 5.10 Å². The molecule has 0 fully saturated rings. The zero-order valence-corrected chi connectivity index (χ0v) is 13.6. The second-order valence-electron chi connectivity index (χ2n) is 5.53. The Hall–Kier alpha value is -3.02. The zero-order valence-electron chi connectivity index (χ0n) is 13.6. The predicted octanol–water partition coefficient (Wildman–Crippen LogP) is 2.67. The van der Waals surface area contributed by atoms with E-state index in [4.69, 9.17) is 9.47 Å². The molecule has 1 unspecified atom stereocenters. The van der Waals surface area contributed by atoms with Gasteiger partial charge in [0.15, 0.2) is 11.5 Å². The van der Waals surface area contributed by atoms with E-state index in [1.165, 1.54) is 0 Å². The summed E-state index contributed by atoms with van der Waals surface area (Å²) in [6.45, 7) is 4.01. The predicted molar refractivity (Wildman–Crippen MR) is 92.6 cm³/mol. The van der Waals surface area contributed by atoms with Crippen LogP contribution in [0.15, 0.2) is 47.6 Å². The molecule has 1 amide bonds. The molecule has 2 aromatic rings.